The number of aryl methyl sites for hydroxylation is 1. The maximum absolute atomic E-state index is 12.1. The zero-order chi connectivity index (χ0) is 9.14. The van der Waals surface area contributed by atoms with Crippen LogP contribution in [-0.4, -0.2) is 12.4 Å². The second-order valence-corrected chi connectivity index (χ2v) is 3.43. The van der Waals surface area contributed by atoms with Crippen LogP contribution in [0, 0.1) is 12.3 Å². The van der Waals surface area contributed by atoms with E-state index < -0.39 is 6.67 Å². The molecule has 0 fully saturated rings. The summed E-state index contributed by atoms with van der Waals surface area (Å²) < 4.78 is 13.0. The van der Waals surface area contributed by atoms with Crippen LogP contribution in [0.25, 0.3) is 0 Å². The van der Waals surface area contributed by atoms with Gasteiger partial charge in [-0.1, -0.05) is 28.1 Å². The summed E-state index contributed by atoms with van der Waals surface area (Å²) in [5.41, 5.74) is 1.75. The van der Waals surface area contributed by atoms with E-state index in [0.29, 0.717) is 5.56 Å². The Morgan fingerprint density at radius 2 is 2.25 bits per heavy atom. The number of hydrogen-bond acceptors (Lipinski definition) is 1. The molecule has 1 aromatic rings. The van der Waals surface area contributed by atoms with Crippen molar-refractivity contribution in [2.24, 2.45) is 0 Å². The number of benzene rings is 1. The largest absolute Gasteiger partial charge is 0.302 e. The van der Waals surface area contributed by atoms with E-state index in [2.05, 4.69) is 15.9 Å². The molecule has 3 heteroatoms. The van der Waals surface area contributed by atoms with Gasteiger partial charge < -0.3 is 5.41 Å². The first kappa shape index (κ1) is 9.39. The molecular formula is C9H9BrFN. The summed E-state index contributed by atoms with van der Waals surface area (Å²) in [6, 6.07) is 5.38. The standard InChI is InChI=1S/C9H9BrFN/c1-6-2-3-7(4-8(6)10)9(12)5-11/h2-4,12H,5H2,1H3. The van der Waals surface area contributed by atoms with Crippen molar-refractivity contribution in [3.05, 3.63) is 33.8 Å². The second kappa shape index (κ2) is 3.81. The van der Waals surface area contributed by atoms with Crippen molar-refractivity contribution in [2.75, 3.05) is 6.67 Å². The van der Waals surface area contributed by atoms with Crippen molar-refractivity contribution < 1.29 is 4.39 Å². The van der Waals surface area contributed by atoms with Gasteiger partial charge in [0, 0.05) is 4.47 Å². The van der Waals surface area contributed by atoms with Crippen LogP contribution in [0.3, 0.4) is 0 Å². The number of hydrogen-bond donors (Lipinski definition) is 1. The first-order valence-corrected chi connectivity index (χ1v) is 4.34. The minimum Gasteiger partial charge on any atom is -0.302 e. The molecule has 0 aromatic heterocycles. The van der Waals surface area contributed by atoms with Crippen molar-refractivity contribution >= 4 is 21.6 Å². The Labute approximate surface area is 79.2 Å². The first-order valence-electron chi connectivity index (χ1n) is 3.55. The van der Waals surface area contributed by atoms with Gasteiger partial charge in [0.2, 0.25) is 0 Å². The van der Waals surface area contributed by atoms with Crippen molar-refractivity contribution in [3.63, 3.8) is 0 Å². The molecule has 0 amide bonds. The molecule has 0 heterocycles. The van der Waals surface area contributed by atoms with Crippen molar-refractivity contribution in [1.29, 1.82) is 5.41 Å². The fourth-order valence-electron chi connectivity index (χ4n) is 0.858. The molecule has 64 valence electrons. The number of nitrogens with one attached hydrogen (secondary N) is 1. The minimum atomic E-state index is -0.713. The van der Waals surface area contributed by atoms with Gasteiger partial charge in [0.25, 0.3) is 0 Å². The smallest absolute Gasteiger partial charge is 0.131 e. The van der Waals surface area contributed by atoms with E-state index >= 15 is 0 Å². The molecule has 0 saturated carbocycles. The lowest BCUT2D eigenvalue weighted by atomic mass is 10.1. The maximum Gasteiger partial charge on any atom is 0.131 e. The van der Waals surface area contributed by atoms with Gasteiger partial charge in [-0.2, -0.15) is 0 Å². The highest BCUT2D eigenvalue weighted by Crippen LogP contribution is 2.17. The molecule has 1 N–H and O–H groups in total. The highest BCUT2D eigenvalue weighted by Gasteiger charge is 2.02. The van der Waals surface area contributed by atoms with Gasteiger partial charge in [-0.05, 0) is 24.1 Å². The zero-order valence-electron chi connectivity index (χ0n) is 6.70. The zero-order valence-corrected chi connectivity index (χ0v) is 8.28. The molecule has 1 nitrogen and oxygen atoms in total. The van der Waals surface area contributed by atoms with Crippen molar-refractivity contribution in [1.82, 2.24) is 0 Å². The van der Waals surface area contributed by atoms with Gasteiger partial charge in [0.05, 0.1) is 5.71 Å². The molecule has 1 rings (SSSR count). The third-order valence-corrected chi connectivity index (χ3v) is 2.51. The average Bonchev–Trinajstić information content (AvgIpc) is 2.08. The highest BCUT2D eigenvalue weighted by atomic mass is 79.9. The van der Waals surface area contributed by atoms with Crippen LogP contribution in [-0.2, 0) is 0 Å². The van der Waals surface area contributed by atoms with E-state index in [4.69, 9.17) is 5.41 Å². The Morgan fingerprint density at radius 1 is 1.58 bits per heavy atom. The van der Waals surface area contributed by atoms with Crippen LogP contribution in [0.15, 0.2) is 22.7 Å². The van der Waals surface area contributed by atoms with Gasteiger partial charge >= 0.3 is 0 Å². The van der Waals surface area contributed by atoms with E-state index in [0.717, 1.165) is 10.0 Å². The number of rotatable bonds is 2. The Morgan fingerprint density at radius 3 is 2.75 bits per heavy atom. The molecule has 12 heavy (non-hydrogen) atoms. The van der Waals surface area contributed by atoms with Gasteiger partial charge in [-0.3, -0.25) is 0 Å². The van der Waals surface area contributed by atoms with Gasteiger partial charge in [0.1, 0.15) is 6.67 Å². The predicted molar refractivity (Wildman–Crippen MR) is 51.7 cm³/mol. The monoisotopic (exact) mass is 229 g/mol. The fraction of sp³-hybridized carbons (Fsp3) is 0.222. The summed E-state index contributed by atoms with van der Waals surface area (Å²) in [5.74, 6) is 0. The third-order valence-electron chi connectivity index (χ3n) is 1.65. The van der Waals surface area contributed by atoms with Crippen LogP contribution in [0.5, 0.6) is 0 Å². The molecule has 0 spiro atoms. The summed E-state index contributed by atoms with van der Waals surface area (Å²) >= 11 is 3.32. The lowest BCUT2D eigenvalue weighted by Crippen LogP contribution is -2.00. The molecule has 0 aliphatic rings. The Balaban J connectivity index is 3.05. The lowest BCUT2D eigenvalue weighted by Gasteiger charge is -2.02. The Kier molecular flexibility index (Phi) is 2.98. The lowest BCUT2D eigenvalue weighted by molar-refractivity contribution is 0.580. The molecule has 0 aliphatic heterocycles. The SMILES string of the molecule is Cc1ccc(C(=N)CF)cc1Br. The summed E-state index contributed by atoms with van der Waals surface area (Å²) in [4.78, 5) is 0. The Bertz CT molecular complexity index is 309. The maximum atomic E-state index is 12.1. The Hall–Kier alpha value is -0.700. The number of alkyl halides is 1. The van der Waals surface area contributed by atoms with Crippen molar-refractivity contribution in [2.45, 2.75) is 6.92 Å². The molecule has 0 unspecified atom stereocenters. The van der Waals surface area contributed by atoms with E-state index in [1.807, 2.05) is 13.0 Å². The summed E-state index contributed by atoms with van der Waals surface area (Å²) in [6.07, 6.45) is 0. The van der Waals surface area contributed by atoms with Gasteiger partial charge in [-0.25, -0.2) is 4.39 Å². The van der Waals surface area contributed by atoms with Crippen LogP contribution >= 0.6 is 15.9 Å². The third kappa shape index (κ3) is 1.91. The predicted octanol–water partition coefficient (Wildman–Crippen LogP) is 3.09. The van der Waals surface area contributed by atoms with E-state index in [1.54, 1.807) is 12.1 Å². The van der Waals surface area contributed by atoms with E-state index in [-0.39, 0.29) is 5.71 Å². The van der Waals surface area contributed by atoms with Crippen LogP contribution in [0.1, 0.15) is 11.1 Å². The average molecular weight is 230 g/mol. The number of halogens is 2. The van der Waals surface area contributed by atoms with Gasteiger partial charge in [0.15, 0.2) is 0 Å². The summed E-state index contributed by atoms with van der Waals surface area (Å²) in [5, 5.41) is 7.25. The van der Waals surface area contributed by atoms with Crippen LogP contribution in [0.4, 0.5) is 4.39 Å². The summed E-state index contributed by atoms with van der Waals surface area (Å²) in [6.45, 7) is 1.24. The fourth-order valence-corrected chi connectivity index (χ4v) is 1.24. The van der Waals surface area contributed by atoms with Gasteiger partial charge in [-0.15, -0.1) is 0 Å². The molecule has 1 aromatic carbocycles. The molecule has 0 radical (unpaired) electrons. The topological polar surface area (TPSA) is 23.9 Å². The minimum absolute atomic E-state index is 0.0238. The highest BCUT2D eigenvalue weighted by molar-refractivity contribution is 9.10. The molecule has 0 bridgehead atoms. The van der Waals surface area contributed by atoms with E-state index in [9.17, 15) is 4.39 Å². The van der Waals surface area contributed by atoms with Crippen LogP contribution < -0.4 is 0 Å². The summed E-state index contributed by atoms with van der Waals surface area (Å²) in [7, 11) is 0. The van der Waals surface area contributed by atoms with Crippen molar-refractivity contribution in [3.8, 4) is 0 Å². The first-order chi connectivity index (χ1) is 5.65. The normalized spacial score (nSPS) is 9.92. The quantitative estimate of drug-likeness (QED) is 0.755. The molecule has 0 atom stereocenters. The second-order valence-electron chi connectivity index (χ2n) is 2.58. The molecule has 0 aliphatic carbocycles. The van der Waals surface area contributed by atoms with E-state index in [1.165, 1.54) is 0 Å². The molecule has 0 saturated heterocycles. The van der Waals surface area contributed by atoms with Crippen LogP contribution in [0.2, 0.25) is 0 Å². The molecular weight excluding hydrogens is 221 g/mol.